The van der Waals surface area contributed by atoms with Crippen molar-refractivity contribution in [3.8, 4) is 11.1 Å². The van der Waals surface area contributed by atoms with Gasteiger partial charge in [0.25, 0.3) is 0 Å². The van der Waals surface area contributed by atoms with E-state index in [0.29, 0.717) is 30.3 Å². The Morgan fingerprint density at radius 2 is 1.47 bits per heavy atom. The van der Waals surface area contributed by atoms with Gasteiger partial charge in [-0.15, -0.1) is 0 Å². The Balaban J connectivity index is 2.23. The summed E-state index contributed by atoms with van der Waals surface area (Å²) in [5.41, 5.74) is -4.57. The standard InChI is InChI=1S/C19H11Cl2F3N4O8S2/c20-13-9-15(37(25,33)34)16(17(21)18(13)27(29)30)10-5-7-11(8-6-10)38(35,36)26(28(31)32)14-4-2-1-3-12(14)19(22,23)24/h1-9H,(H2,25,33,34). The van der Waals surface area contributed by atoms with Crippen LogP contribution in [-0.4, -0.2) is 26.8 Å². The van der Waals surface area contributed by atoms with Crippen LogP contribution >= 0.6 is 23.2 Å². The van der Waals surface area contributed by atoms with Crippen molar-refractivity contribution < 1.29 is 40.0 Å². The second-order valence-corrected chi connectivity index (χ2v) is 11.3. The molecule has 0 amide bonds. The van der Waals surface area contributed by atoms with Crippen LogP contribution in [0.5, 0.6) is 0 Å². The zero-order valence-electron chi connectivity index (χ0n) is 18.1. The van der Waals surface area contributed by atoms with Gasteiger partial charge in [0.2, 0.25) is 10.0 Å². The van der Waals surface area contributed by atoms with Gasteiger partial charge in [-0.1, -0.05) is 47.5 Å². The second kappa shape index (κ2) is 9.99. The monoisotopic (exact) mass is 614 g/mol. The Bertz CT molecular complexity index is 1680. The van der Waals surface area contributed by atoms with Crippen LogP contribution in [0.4, 0.5) is 24.5 Å². The summed E-state index contributed by atoms with van der Waals surface area (Å²) in [5, 5.41) is 25.2. The molecule has 0 unspecified atom stereocenters. The third-order valence-corrected chi connectivity index (χ3v) is 8.12. The van der Waals surface area contributed by atoms with E-state index in [2.05, 4.69) is 0 Å². The summed E-state index contributed by atoms with van der Waals surface area (Å²) in [6, 6.07) is 6.69. The molecule has 0 radical (unpaired) electrons. The third kappa shape index (κ3) is 5.37. The van der Waals surface area contributed by atoms with E-state index >= 15 is 0 Å². The zero-order valence-corrected chi connectivity index (χ0v) is 21.2. The molecule has 0 atom stereocenters. The van der Waals surface area contributed by atoms with E-state index in [0.717, 1.165) is 24.3 Å². The molecule has 38 heavy (non-hydrogen) atoms. The van der Waals surface area contributed by atoms with E-state index in [-0.39, 0.29) is 5.56 Å². The first kappa shape index (κ1) is 29.1. The predicted octanol–water partition coefficient (Wildman–Crippen LogP) is 4.62. The molecular weight excluding hydrogens is 604 g/mol. The van der Waals surface area contributed by atoms with E-state index in [1.165, 1.54) is 0 Å². The van der Waals surface area contributed by atoms with Crippen molar-refractivity contribution in [1.29, 1.82) is 0 Å². The van der Waals surface area contributed by atoms with Gasteiger partial charge in [-0.3, -0.25) is 10.1 Å². The van der Waals surface area contributed by atoms with Crippen molar-refractivity contribution in [3.05, 3.63) is 90.4 Å². The van der Waals surface area contributed by atoms with Crippen molar-refractivity contribution in [2.45, 2.75) is 16.0 Å². The van der Waals surface area contributed by atoms with Gasteiger partial charge in [-0.25, -0.2) is 23.7 Å². The van der Waals surface area contributed by atoms with Crippen molar-refractivity contribution in [1.82, 2.24) is 0 Å². The highest BCUT2D eigenvalue weighted by Gasteiger charge is 2.43. The minimum atomic E-state index is -5.28. The van der Waals surface area contributed by atoms with Gasteiger partial charge in [0.15, 0.2) is 5.03 Å². The van der Waals surface area contributed by atoms with Gasteiger partial charge >= 0.3 is 21.9 Å². The van der Waals surface area contributed by atoms with E-state index in [9.17, 15) is 50.2 Å². The van der Waals surface area contributed by atoms with Crippen LogP contribution in [0.1, 0.15) is 5.56 Å². The third-order valence-electron chi connectivity index (χ3n) is 4.88. The maximum atomic E-state index is 13.4. The molecule has 3 aromatic carbocycles. The quantitative estimate of drug-likeness (QED) is 0.295. The number of hydrogen-bond donors (Lipinski definition) is 1. The molecule has 0 aromatic heterocycles. The molecule has 202 valence electrons. The molecule has 0 spiro atoms. The summed E-state index contributed by atoms with van der Waals surface area (Å²) < 4.78 is 89.9. The average molecular weight is 615 g/mol. The number of para-hydroxylation sites is 1. The first-order valence-electron chi connectivity index (χ1n) is 9.54. The Labute approximate surface area is 221 Å². The van der Waals surface area contributed by atoms with Crippen molar-refractivity contribution >= 4 is 54.6 Å². The highest BCUT2D eigenvalue weighted by molar-refractivity contribution is 7.92. The fraction of sp³-hybridized carbons (Fsp3) is 0.0526. The van der Waals surface area contributed by atoms with Crippen LogP contribution in [0.2, 0.25) is 10.0 Å². The number of nitro groups is 2. The second-order valence-electron chi connectivity index (χ2n) is 7.22. The van der Waals surface area contributed by atoms with Crippen LogP contribution in [-0.2, 0) is 26.2 Å². The summed E-state index contributed by atoms with van der Waals surface area (Å²) in [4.78, 5) is 20.3. The molecule has 2 N–H and O–H groups in total. The predicted molar refractivity (Wildman–Crippen MR) is 128 cm³/mol. The first-order valence-corrected chi connectivity index (χ1v) is 13.3. The molecular formula is C19H11Cl2F3N4O8S2. The Kier molecular flexibility index (Phi) is 7.64. The maximum absolute atomic E-state index is 13.4. The average Bonchev–Trinajstić information content (AvgIpc) is 2.77. The van der Waals surface area contributed by atoms with Crippen molar-refractivity contribution in [2.24, 2.45) is 5.14 Å². The van der Waals surface area contributed by atoms with E-state index < -0.39 is 82.9 Å². The van der Waals surface area contributed by atoms with Crippen LogP contribution in [0.3, 0.4) is 0 Å². The molecule has 0 bridgehead atoms. The van der Waals surface area contributed by atoms with Gasteiger partial charge in [0, 0.05) is 9.98 Å². The lowest BCUT2D eigenvalue weighted by atomic mass is 10.0. The Morgan fingerprint density at radius 3 is 1.95 bits per heavy atom. The number of sulfonamides is 2. The molecule has 19 heteroatoms. The van der Waals surface area contributed by atoms with Gasteiger partial charge in [-0.2, -0.15) is 21.6 Å². The number of primary sulfonamides is 1. The number of hydrazine groups is 1. The van der Waals surface area contributed by atoms with Crippen molar-refractivity contribution in [2.75, 3.05) is 4.41 Å². The number of hydrogen-bond acceptors (Lipinski definition) is 8. The molecule has 0 fully saturated rings. The van der Waals surface area contributed by atoms with Crippen LogP contribution in [0.25, 0.3) is 11.1 Å². The minimum absolute atomic E-state index is 0.249. The van der Waals surface area contributed by atoms with Gasteiger partial charge in [0.1, 0.15) is 15.7 Å². The Morgan fingerprint density at radius 1 is 0.921 bits per heavy atom. The molecule has 0 aliphatic heterocycles. The number of benzene rings is 3. The lowest BCUT2D eigenvalue weighted by molar-refractivity contribution is -0.474. The summed E-state index contributed by atoms with van der Waals surface area (Å²) in [7, 11) is -9.88. The molecule has 3 rings (SSSR count). The topological polar surface area (TPSA) is 184 Å². The van der Waals surface area contributed by atoms with Crippen molar-refractivity contribution in [3.63, 3.8) is 0 Å². The smallest absolute Gasteiger partial charge is 0.258 e. The van der Waals surface area contributed by atoms with Gasteiger partial charge in [-0.05, 0) is 35.9 Å². The Hall–Kier alpha value is -3.51. The molecule has 3 aromatic rings. The van der Waals surface area contributed by atoms with Crippen LogP contribution < -0.4 is 9.55 Å². The SMILES string of the molecule is NS(=O)(=O)c1cc(Cl)c([N+](=O)[O-])c(Cl)c1-c1ccc(S(=O)(=O)N(c2ccccc2C(F)(F)F)[N+](=O)[O-])cc1. The van der Waals surface area contributed by atoms with E-state index in [1.54, 1.807) is 0 Å². The number of alkyl halides is 3. The number of rotatable bonds is 7. The lowest BCUT2D eigenvalue weighted by Crippen LogP contribution is -2.37. The molecule has 0 aliphatic rings. The van der Waals surface area contributed by atoms with Crippen LogP contribution in [0.15, 0.2) is 64.4 Å². The summed E-state index contributed by atoms with van der Waals surface area (Å²) in [5.74, 6) is 0. The van der Waals surface area contributed by atoms with E-state index in [4.69, 9.17) is 28.3 Å². The molecule has 0 saturated carbocycles. The van der Waals surface area contributed by atoms with Gasteiger partial charge in [0.05, 0.1) is 20.3 Å². The largest absolute Gasteiger partial charge is 0.418 e. The normalized spacial score (nSPS) is 12.3. The number of nitro benzene ring substituents is 1. The molecule has 0 saturated heterocycles. The minimum Gasteiger partial charge on any atom is -0.258 e. The zero-order chi connectivity index (χ0) is 28.8. The summed E-state index contributed by atoms with van der Waals surface area (Å²) >= 11 is 11.8. The number of nitrogens with zero attached hydrogens (tertiary/aromatic N) is 3. The lowest BCUT2D eigenvalue weighted by Gasteiger charge is -2.19. The fourth-order valence-corrected chi connectivity index (χ4v) is 6.21. The molecule has 0 aliphatic carbocycles. The highest BCUT2D eigenvalue weighted by Crippen LogP contribution is 2.44. The van der Waals surface area contributed by atoms with Crippen LogP contribution in [0, 0.1) is 20.2 Å². The number of anilines is 1. The summed E-state index contributed by atoms with van der Waals surface area (Å²) in [6.45, 7) is 0. The molecule has 12 nitrogen and oxygen atoms in total. The fourth-order valence-electron chi connectivity index (χ4n) is 3.33. The highest BCUT2D eigenvalue weighted by atomic mass is 35.5. The number of halogens is 5. The van der Waals surface area contributed by atoms with Gasteiger partial charge < -0.3 is 0 Å². The maximum Gasteiger partial charge on any atom is 0.418 e. The first-order chi connectivity index (χ1) is 17.4. The van der Waals surface area contributed by atoms with E-state index in [1.807, 2.05) is 0 Å². The number of nitrogens with two attached hydrogens (primary N) is 1. The molecule has 0 heterocycles. The summed E-state index contributed by atoms with van der Waals surface area (Å²) in [6.07, 6.45) is -5.14.